The van der Waals surface area contributed by atoms with Gasteiger partial charge in [-0.05, 0) is 87.8 Å². The lowest BCUT2D eigenvalue weighted by Gasteiger charge is -2.25. The van der Waals surface area contributed by atoms with Crippen molar-refractivity contribution >= 4 is 35.1 Å². The van der Waals surface area contributed by atoms with Gasteiger partial charge in [-0.2, -0.15) is 5.10 Å². The van der Waals surface area contributed by atoms with Crippen LogP contribution in [0.3, 0.4) is 0 Å². The molecule has 2 aromatic heterocycles. The lowest BCUT2D eigenvalue weighted by atomic mass is 9.90. The Hall–Kier alpha value is -2.40. The molecule has 0 radical (unpaired) electrons. The summed E-state index contributed by atoms with van der Waals surface area (Å²) >= 11 is 7.40. The highest BCUT2D eigenvalue weighted by Crippen LogP contribution is 2.57. The first-order valence-electron chi connectivity index (χ1n) is 11.9. The van der Waals surface area contributed by atoms with Crippen molar-refractivity contribution in [3.63, 3.8) is 0 Å². The Morgan fingerprint density at radius 1 is 1.25 bits per heavy atom. The molecule has 5 rings (SSSR count). The van der Waals surface area contributed by atoms with Crippen LogP contribution >= 0.6 is 23.5 Å². The molecular formula is C25H30ClFN6O2S. The summed E-state index contributed by atoms with van der Waals surface area (Å²) in [5.41, 5.74) is 1.64. The lowest BCUT2D eigenvalue weighted by Crippen LogP contribution is -2.26. The Balaban J connectivity index is 1.30. The van der Waals surface area contributed by atoms with Crippen LogP contribution in [0.4, 0.5) is 10.1 Å². The standard InChI is InChI=1S/C25H30ClFN6O2S/c1-31(2)36-21-10-20(33(4)30-21)25(35)11-15-7-14(8-16(15)12-25)22-23(32(3)13-28-22)24(34)29-17-5-6-19(27)18(26)9-17/h5-6,9-10,13-16,35H,7-8,11-12H2,1-4H3,(H,29,34). The van der Waals surface area contributed by atoms with Crippen LogP contribution in [-0.4, -0.2) is 48.7 Å². The summed E-state index contributed by atoms with van der Waals surface area (Å²) < 4.78 is 19.0. The average Bonchev–Trinajstić information content (AvgIpc) is 3.52. The zero-order valence-electron chi connectivity index (χ0n) is 20.7. The van der Waals surface area contributed by atoms with Gasteiger partial charge in [-0.15, -0.1) is 0 Å². The zero-order valence-corrected chi connectivity index (χ0v) is 22.3. The van der Waals surface area contributed by atoms with Crippen LogP contribution in [0.1, 0.15) is 53.5 Å². The van der Waals surface area contributed by atoms with Crippen LogP contribution in [0.25, 0.3) is 0 Å². The third-order valence-corrected chi connectivity index (χ3v) is 8.44. The number of aromatic nitrogens is 4. The Bertz CT molecular complexity index is 1290. The topological polar surface area (TPSA) is 88.2 Å². The first-order chi connectivity index (χ1) is 17.0. The van der Waals surface area contributed by atoms with Crippen molar-refractivity contribution in [3.8, 4) is 0 Å². The van der Waals surface area contributed by atoms with Gasteiger partial charge in [0.1, 0.15) is 22.1 Å². The second-order valence-corrected chi connectivity index (χ2v) is 11.9. The number of nitrogens with zero attached hydrogens (tertiary/aromatic N) is 5. The number of halogens is 2. The number of carbonyl (C=O) groups excluding carboxylic acids is 1. The Morgan fingerprint density at radius 3 is 2.58 bits per heavy atom. The predicted octanol–water partition coefficient (Wildman–Crippen LogP) is 4.56. The number of rotatable bonds is 6. The highest BCUT2D eigenvalue weighted by Gasteiger charge is 2.51. The number of amides is 1. The van der Waals surface area contributed by atoms with E-state index in [1.807, 2.05) is 31.5 Å². The Labute approximate surface area is 219 Å². The fourth-order valence-corrected chi connectivity index (χ4v) is 6.87. The minimum absolute atomic E-state index is 0.0463. The van der Waals surface area contributed by atoms with Crippen molar-refractivity contribution in [1.29, 1.82) is 0 Å². The summed E-state index contributed by atoms with van der Waals surface area (Å²) in [7, 11) is 7.61. The van der Waals surface area contributed by atoms with Crippen LogP contribution in [0.15, 0.2) is 35.6 Å². The molecule has 2 N–H and O–H groups in total. The molecule has 2 aliphatic carbocycles. The van der Waals surface area contributed by atoms with Crippen LogP contribution < -0.4 is 5.32 Å². The van der Waals surface area contributed by atoms with E-state index in [9.17, 15) is 14.3 Å². The van der Waals surface area contributed by atoms with Gasteiger partial charge in [0.2, 0.25) is 0 Å². The number of carbonyl (C=O) groups is 1. The van der Waals surface area contributed by atoms with E-state index in [-0.39, 0.29) is 16.8 Å². The number of aliphatic hydroxyl groups is 1. The molecule has 1 aromatic carbocycles. The molecule has 1 amide bonds. The van der Waals surface area contributed by atoms with Crippen LogP contribution in [0.5, 0.6) is 0 Å². The number of aryl methyl sites for hydroxylation is 2. The van der Waals surface area contributed by atoms with Crippen molar-refractivity contribution in [2.45, 2.75) is 42.2 Å². The third kappa shape index (κ3) is 4.67. The van der Waals surface area contributed by atoms with E-state index in [1.54, 1.807) is 22.6 Å². The van der Waals surface area contributed by atoms with E-state index in [4.69, 9.17) is 11.6 Å². The van der Waals surface area contributed by atoms with E-state index in [2.05, 4.69) is 15.4 Å². The SMILES string of the molecule is CN(C)Sc1cc(C2(O)CC3CC(c4ncn(C)c4C(=O)Nc4ccc(F)c(Cl)c4)CC3C2)n(C)n1. The van der Waals surface area contributed by atoms with Gasteiger partial charge in [0.05, 0.1) is 22.7 Å². The summed E-state index contributed by atoms with van der Waals surface area (Å²) in [6.07, 6.45) is 4.73. The molecule has 36 heavy (non-hydrogen) atoms. The molecule has 3 aromatic rings. The maximum atomic E-state index is 13.5. The molecule has 0 bridgehead atoms. The van der Waals surface area contributed by atoms with Crippen molar-refractivity contribution in [2.75, 3.05) is 19.4 Å². The van der Waals surface area contributed by atoms with Gasteiger partial charge >= 0.3 is 0 Å². The molecule has 11 heteroatoms. The number of nitrogens with one attached hydrogen (secondary N) is 1. The minimum atomic E-state index is -0.903. The third-order valence-electron chi connectivity index (χ3n) is 7.40. The lowest BCUT2D eigenvalue weighted by molar-refractivity contribution is 0.0263. The molecule has 0 spiro atoms. The molecule has 8 nitrogen and oxygen atoms in total. The molecule has 2 fully saturated rings. The number of imidazole rings is 1. The molecule has 0 saturated heterocycles. The second-order valence-electron chi connectivity index (χ2n) is 10.2. The normalized spacial score (nSPS) is 25.5. The minimum Gasteiger partial charge on any atom is -0.384 e. The van der Waals surface area contributed by atoms with Gasteiger partial charge in [-0.25, -0.2) is 9.37 Å². The van der Waals surface area contributed by atoms with Crippen LogP contribution in [-0.2, 0) is 19.7 Å². The second kappa shape index (κ2) is 9.48. The Morgan fingerprint density at radius 2 is 1.94 bits per heavy atom. The first-order valence-corrected chi connectivity index (χ1v) is 13.1. The summed E-state index contributed by atoms with van der Waals surface area (Å²) in [5, 5.41) is 19.8. The van der Waals surface area contributed by atoms with Crippen LogP contribution in [0, 0.1) is 17.7 Å². The maximum absolute atomic E-state index is 13.5. The predicted molar refractivity (Wildman–Crippen MR) is 137 cm³/mol. The van der Waals surface area contributed by atoms with Gasteiger partial charge in [-0.1, -0.05) is 11.6 Å². The van der Waals surface area contributed by atoms with Gasteiger partial charge < -0.3 is 15.0 Å². The summed E-state index contributed by atoms with van der Waals surface area (Å²) in [6, 6.07) is 6.10. The molecule has 0 aliphatic heterocycles. The molecule has 192 valence electrons. The number of hydrogen-bond acceptors (Lipinski definition) is 6. The van der Waals surface area contributed by atoms with E-state index in [0.717, 1.165) is 29.3 Å². The molecule has 2 heterocycles. The molecular weight excluding hydrogens is 503 g/mol. The summed E-state index contributed by atoms with van der Waals surface area (Å²) in [5.74, 6) is -0.0220. The maximum Gasteiger partial charge on any atom is 0.274 e. The van der Waals surface area contributed by atoms with E-state index in [0.29, 0.717) is 36.1 Å². The fourth-order valence-electron chi connectivity index (χ4n) is 5.99. The number of benzene rings is 1. The van der Waals surface area contributed by atoms with Crippen molar-refractivity contribution in [3.05, 3.63) is 58.5 Å². The monoisotopic (exact) mass is 532 g/mol. The number of hydrogen-bond donors (Lipinski definition) is 2. The van der Waals surface area contributed by atoms with Gasteiger partial charge in [0, 0.05) is 25.7 Å². The molecule has 2 aliphatic rings. The number of anilines is 1. The fraction of sp³-hybridized carbons (Fsp3) is 0.480. The van der Waals surface area contributed by atoms with E-state index in [1.165, 1.54) is 30.1 Å². The van der Waals surface area contributed by atoms with Crippen LogP contribution in [0.2, 0.25) is 5.02 Å². The molecule has 2 unspecified atom stereocenters. The van der Waals surface area contributed by atoms with Gasteiger partial charge in [-0.3, -0.25) is 13.8 Å². The van der Waals surface area contributed by atoms with Crippen molar-refractivity contribution in [2.24, 2.45) is 25.9 Å². The molecule has 2 saturated carbocycles. The number of fused-ring (bicyclic) bond motifs is 1. The summed E-state index contributed by atoms with van der Waals surface area (Å²) in [4.78, 5) is 17.7. The van der Waals surface area contributed by atoms with Crippen molar-refractivity contribution < 1.29 is 14.3 Å². The smallest absolute Gasteiger partial charge is 0.274 e. The summed E-state index contributed by atoms with van der Waals surface area (Å²) in [6.45, 7) is 0. The zero-order chi connectivity index (χ0) is 25.8. The average molecular weight is 533 g/mol. The van der Waals surface area contributed by atoms with E-state index >= 15 is 0 Å². The van der Waals surface area contributed by atoms with Crippen molar-refractivity contribution in [1.82, 2.24) is 23.6 Å². The first kappa shape index (κ1) is 25.3. The largest absolute Gasteiger partial charge is 0.384 e. The van der Waals surface area contributed by atoms with E-state index < -0.39 is 11.4 Å². The van der Waals surface area contributed by atoms with Gasteiger partial charge in [0.25, 0.3) is 5.91 Å². The van der Waals surface area contributed by atoms with Gasteiger partial charge in [0.15, 0.2) is 0 Å². The highest BCUT2D eigenvalue weighted by atomic mass is 35.5. The Kier molecular flexibility index (Phi) is 6.65. The highest BCUT2D eigenvalue weighted by molar-refractivity contribution is 7.96. The quantitative estimate of drug-likeness (QED) is 0.453. The molecule has 2 atom stereocenters.